The predicted octanol–water partition coefficient (Wildman–Crippen LogP) is 1.66. The van der Waals surface area contributed by atoms with Crippen molar-refractivity contribution in [3.63, 3.8) is 0 Å². The van der Waals surface area contributed by atoms with Crippen LogP contribution in [0.1, 0.15) is 40.0 Å². The predicted molar refractivity (Wildman–Crippen MR) is 71.7 cm³/mol. The van der Waals surface area contributed by atoms with Gasteiger partial charge < -0.3 is 15.2 Å². The first-order chi connectivity index (χ1) is 8.91. The van der Waals surface area contributed by atoms with Gasteiger partial charge in [0.1, 0.15) is 0 Å². The van der Waals surface area contributed by atoms with Crippen molar-refractivity contribution >= 4 is 11.9 Å². The molecular weight excluding hydrogens is 246 g/mol. The Hall–Kier alpha value is -1.10. The molecule has 2 N–H and O–H groups in total. The molecule has 110 valence electrons. The number of aliphatic carboxylic acids is 1. The summed E-state index contributed by atoms with van der Waals surface area (Å²) in [7, 11) is 0. The quantitative estimate of drug-likeness (QED) is 0.691. The molecule has 1 saturated carbocycles. The van der Waals surface area contributed by atoms with Gasteiger partial charge in [-0.2, -0.15) is 0 Å². The number of carbonyl (C=O) groups excluding carboxylic acids is 1. The normalized spacial score (nSPS) is 26.6. The lowest BCUT2D eigenvalue weighted by Gasteiger charge is -2.15. The number of carboxylic acid groups (broad SMARTS) is 1. The zero-order chi connectivity index (χ0) is 14.4. The van der Waals surface area contributed by atoms with Crippen LogP contribution < -0.4 is 5.32 Å². The lowest BCUT2D eigenvalue weighted by atomic mass is 9.95. The Morgan fingerprint density at radius 3 is 2.53 bits per heavy atom. The summed E-state index contributed by atoms with van der Waals surface area (Å²) in [5.74, 6) is -1.57. The molecule has 0 aromatic heterocycles. The van der Waals surface area contributed by atoms with E-state index >= 15 is 0 Å². The second-order valence-electron chi connectivity index (χ2n) is 5.69. The summed E-state index contributed by atoms with van der Waals surface area (Å²) in [5, 5.41) is 11.9. The van der Waals surface area contributed by atoms with E-state index in [2.05, 4.69) is 5.32 Å². The number of hydrogen-bond acceptors (Lipinski definition) is 3. The highest BCUT2D eigenvalue weighted by Crippen LogP contribution is 2.36. The highest BCUT2D eigenvalue weighted by Gasteiger charge is 2.40. The average Bonchev–Trinajstić information content (AvgIpc) is 2.70. The van der Waals surface area contributed by atoms with Gasteiger partial charge in [-0.15, -0.1) is 0 Å². The summed E-state index contributed by atoms with van der Waals surface area (Å²) in [6.07, 6.45) is 2.22. The number of carbonyl (C=O) groups is 2. The number of nitrogens with one attached hydrogen (secondary N) is 1. The second kappa shape index (κ2) is 7.48. The van der Waals surface area contributed by atoms with Crippen LogP contribution in [0.2, 0.25) is 0 Å². The molecule has 1 amide bonds. The van der Waals surface area contributed by atoms with Crippen LogP contribution in [0.5, 0.6) is 0 Å². The minimum atomic E-state index is -0.854. The lowest BCUT2D eigenvalue weighted by molar-refractivity contribution is -0.146. The Labute approximate surface area is 114 Å². The molecule has 3 atom stereocenters. The van der Waals surface area contributed by atoms with E-state index in [1.54, 1.807) is 0 Å². The van der Waals surface area contributed by atoms with E-state index in [0.29, 0.717) is 31.9 Å². The van der Waals surface area contributed by atoms with Crippen molar-refractivity contribution in [2.75, 3.05) is 13.2 Å². The van der Waals surface area contributed by atoms with Gasteiger partial charge in [0.25, 0.3) is 0 Å². The summed E-state index contributed by atoms with van der Waals surface area (Å²) in [6, 6.07) is 0. The van der Waals surface area contributed by atoms with Crippen molar-refractivity contribution in [3.8, 4) is 0 Å². The van der Waals surface area contributed by atoms with Gasteiger partial charge in [-0.3, -0.25) is 9.59 Å². The smallest absolute Gasteiger partial charge is 0.307 e. The Morgan fingerprint density at radius 2 is 1.95 bits per heavy atom. The molecule has 0 saturated heterocycles. The van der Waals surface area contributed by atoms with Crippen LogP contribution in [0.4, 0.5) is 0 Å². The van der Waals surface area contributed by atoms with Crippen molar-refractivity contribution in [3.05, 3.63) is 0 Å². The minimum Gasteiger partial charge on any atom is -0.481 e. The van der Waals surface area contributed by atoms with Crippen LogP contribution in [0.15, 0.2) is 0 Å². The molecule has 0 aromatic rings. The van der Waals surface area contributed by atoms with Gasteiger partial charge in [0.05, 0.1) is 17.9 Å². The van der Waals surface area contributed by atoms with Crippen LogP contribution in [-0.2, 0) is 14.3 Å². The fraction of sp³-hybridized carbons (Fsp3) is 0.857. The highest BCUT2D eigenvalue weighted by molar-refractivity contribution is 5.85. The van der Waals surface area contributed by atoms with E-state index in [1.807, 2.05) is 20.8 Å². The molecule has 0 radical (unpaired) electrons. The lowest BCUT2D eigenvalue weighted by Crippen LogP contribution is -2.36. The van der Waals surface area contributed by atoms with E-state index < -0.39 is 11.9 Å². The van der Waals surface area contributed by atoms with E-state index in [1.165, 1.54) is 0 Å². The third-order valence-corrected chi connectivity index (χ3v) is 3.52. The van der Waals surface area contributed by atoms with Gasteiger partial charge in [-0.25, -0.2) is 0 Å². The van der Waals surface area contributed by atoms with Crippen molar-refractivity contribution in [1.29, 1.82) is 0 Å². The van der Waals surface area contributed by atoms with Gasteiger partial charge in [-0.1, -0.05) is 6.92 Å². The monoisotopic (exact) mass is 271 g/mol. The van der Waals surface area contributed by atoms with Gasteiger partial charge in [0.15, 0.2) is 0 Å². The molecule has 0 heterocycles. The summed E-state index contributed by atoms with van der Waals surface area (Å²) < 4.78 is 5.38. The standard InChI is InChI=1S/C14H25NO4/c1-9(2)19-6-4-5-15-13(16)11-7-10(3)8-12(11)14(17)18/h9-12H,4-8H2,1-3H3,(H,15,16)(H,17,18)/t10?,11-,12+/m0/s1. The molecule has 1 unspecified atom stereocenters. The zero-order valence-corrected chi connectivity index (χ0v) is 12.0. The van der Waals surface area contributed by atoms with Crippen molar-refractivity contribution in [2.45, 2.75) is 46.1 Å². The fourth-order valence-electron chi connectivity index (χ4n) is 2.59. The van der Waals surface area contributed by atoms with E-state index in [-0.39, 0.29) is 17.9 Å². The summed E-state index contributed by atoms with van der Waals surface area (Å²) >= 11 is 0. The van der Waals surface area contributed by atoms with Crippen LogP contribution in [-0.4, -0.2) is 36.2 Å². The molecule has 0 aromatic carbocycles. The maximum absolute atomic E-state index is 12.0. The molecule has 1 fully saturated rings. The molecule has 19 heavy (non-hydrogen) atoms. The fourth-order valence-corrected chi connectivity index (χ4v) is 2.59. The molecule has 1 aliphatic rings. The molecule has 0 aliphatic heterocycles. The number of carboxylic acids is 1. The molecule has 0 spiro atoms. The van der Waals surface area contributed by atoms with Crippen LogP contribution >= 0.6 is 0 Å². The molecular formula is C14H25NO4. The second-order valence-corrected chi connectivity index (χ2v) is 5.69. The van der Waals surface area contributed by atoms with Crippen molar-refractivity contribution in [1.82, 2.24) is 5.32 Å². The first-order valence-corrected chi connectivity index (χ1v) is 7.04. The molecule has 1 aliphatic carbocycles. The van der Waals surface area contributed by atoms with Crippen LogP contribution in [0.25, 0.3) is 0 Å². The molecule has 1 rings (SSSR count). The third-order valence-electron chi connectivity index (χ3n) is 3.52. The van der Waals surface area contributed by atoms with Gasteiger partial charge in [0, 0.05) is 13.2 Å². The largest absolute Gasteiger partial charge is 0.481 e. The van der Waals surface area contributed by atoms with Crippen LogP contribution in [0.3, 0.4) is 0 Å². The first-order valence-electron chi connectivity index (χ1n) is 7.04. The Morgan fingerprint density at radius 1 is 1.32 bits per heavy atom. The maximum Gasteiger partial charge on any atom is 0.307 e. The zero-order valence-electron chi connectivity index (χ0n) is 12.0. The minimum absolute atomic E-state index is 0.124. The Kier molecular flexibility index (Phi) is 6.28. The molecule has 5 nitrogen and oxygen atoms in total. The molecule has 5 heteroatoms. The van der Waals surface area contributed by atoms with Gasteiger partial charge >= 0.3 is 5.97 Å². The van der Waals surface area contributed by atoms with Crippen molar-refractivity contribution < 1.29 is 19.4 Å². The topological polar surface area (TPSA) is 75.6 Å². The SMILES string of the molecule is CC1C[C@H](C(=O)NCCCOC(C)C)[C@H](C(=O)O)C1. The summed E-state index contributed by atoms with van der Waals surface area (Å²) in [6.45, 7) is 7.09. The maximum atomic E-state index is 12.0. The highest BCUT2D eigenvalue weighted by atomic mass is 16.5. The van der Waals surface area contributed by atoms with Crippen LogP contribution in [0, 0.1) is 17.8 Å². The van der Waals surface area contributed by atoms with Gasteiger partial charge in [-0.05, 0) is 39.0 Å². The number of amides is 1. The van der Waals surface area contributed by atoms with E-state index in [0.717, 1.165) is 6.42 Å². The first kappa shape index (κ1) is 16.0. The number of rotatable bonds is 7. The van der Waals surface area contributed by atoms with E-state index in [4.69, 9.17) is 9.84 Å². The Balaban J connectivity index is 2.30. The van der Waals surface area contributed by atoms with E-state index in [9.17, 15) is 9.59 Å². The third kappa shape index (κ3) is 5.19. The van der Waals surface area contributed by atoms with Gasteiger partial charge in [0.2, 0.25) is 5.91 Å². The van der Waals surface area contributed by atoms with Crippen molar-refractivity contribution in [2.24, 2.45) is 17.8 Å². The average molecular weight is 271 g/mol. The summed E-state index contributed by atoms with van der Waals surface area (Å²) in [5.41, 5.74) is 0. The number of hydrogen-bond donors (Lipinski definition) is 2. The Bertz CT molecular complexity index is 317. The number of ether oxygens (including phenoxy) is 1. The molecule has 0 bridgehead atoms. The summed E-state index contributed by atoms with van der Waals surface area (Å²) in [4.78, 5) is 23.1.